The molecule has 2 heterocycles. The number of nitrogens with one attached hydrogen (secondary N) is 1. The number of pyridine rings is 1. The first-order valence-electron chi connectivity index (χ1n) is 13.9. The fourth-order valence-electron chi connectivity index (χ4n) is 5.91. The number of aliphatic hydroxyl groups is 1. The standard InChI is InChI=1S/C29H34N4O4/c34-28(26-3-1-2-25(33(26)36)19-6-7-19)30-24-14-20-16-32(22-10-12-29(35,13-11-22)21-8-9-21)31-23(20)15-27(24)37-17-18-4-5-18/h1-3,14-16,18-19,21-22,35H,4-13,17H2,(H,30,34). The molecule has 4 aliphatic carbocycles. The van der Waals surface area contributed by atoms with Crippen molar-refractivity contribution in [1.82, 2.24) is 9.78 Å². The summed E-state index contributed by atoms with van der Waals surface area (Å²) in [5, 5.41) is 32.5. The number of carbonyl (C=O) groups excluding carboxylic acids is 1. The molecule has 37 heavy (non-hydrogen) atoms. The fourth-order valence-corrected chi connectivity index (χ4v) is 5.91. The lowest BCUT2D eigenvalue weighted by Crippen LogP contribution is -2.40. The van der Waals surface area contributed by atoms with Crippen molar-refractivity contribution in [2.24, 2.45) is 11.8 Å². The molecule has 2 N–H and O–H groups in total. The zero-order valence-electron chi connectivity index (χ0n) is 21.1. The molecule has 0 radical (unpaired) electrons. The maximum Gasteiger partial charge on any atom is 0.321 e. The van der Waals surface area contributed by atoms with E-state index in [-0.39, 0.29) is 17.7 Å². The number of fused-ring (bicyclic) bond motifs is 1. The summed E-state index contributed by atoms with van der Waals surface area (Å²) < 4.78 is 8.95. The molecule has 3 aromatic rings. The number of nitrogens with zero attached hydrogens (tertiary/aromatic N) is 3. The molecule has 8 nitrogen and oxygen atoms in total. The van der Waals surface area contributed by atoms with Crippen molar-refractivity contribution in [2.75, 3.05) is 11.9 Å². The number of hydrogen-bond donors (Lipinski definition) is 2. The van der Waals surface area contributed by atoms with Crippen LogP contribution in [-0.4, -0.2) is 33.0 Å². The van der Waals surface area contributed by atoms with Crippen LogP contribution in [0.15, 0.2) is 36.5 Å². The summed E-state index contributed by atoms with van der Waals surface area (Å²) in [6.07, 6.45) is 12.1. The van der Waals surface area contributed by atoms with Crippen molar-refractivity contribution in [1.29, 1.82) is 0 Å². The number of benzene rings is 1. The van der Waals surface area contributed by atoms with Gasteiger partial charge in [0.15, 0.2) is 5.69 Å². The third kappa shape index (κ3) is 4.56. The van der Waals surface area contributed by atoms with Gasteiger partial charge in [0, 0.05) is 35.7 Å². The van der Waals surface area contributed by atoms with E-state index >= 15 is 0 Å². The van der Waals surface area contributed by atoms with E-state index in [1.165, 1.54) is 0 Å². The number of hydrogen-bond acceptors (Lipinski definition) is 5. The first kappa shape index (κ1) is 23.0. The topological polar surface area (TPSA) is 103 Å². The smallest absolute Gasteiger partial charge is 0.321 e. The van der Waals surface area contributed by atoms with Crippen molar-refractivity contribution in [3.8, 4) is 5.75 Å². The summed E-state index contributed by atoms with van der Waals surface area (Å²) in [6, 6.07) is 9.22. The second-order valence-corrected chi connectivity index (χ2v) is 11.7. The van der Waals surface area contributed by atoms with Gasteiger partial charge in [0.05, 0.1) is 29.5 Å². The zero-order chi connectivity index (χ0) is 25.1. The van der Waals surface area contributed by atoms with Crippen LogP contribution in [0.1, 0.15) is 92.4 Å². The third-order valence-corrected chi connectivity index (χ3v) is 8.78. The largest absolute Gasteiger partial charge is 0.618 e. The normalized spacial score (nSPS) is 25.8. The van der Waals surface area contributed by atoms with Gasteiger partial charge < -0.3 is 20.4 Å². The van der Waals surface area contributed by atoms with Crippen LogP contribution in [0.4, 0.5) is 5.69 Å². The van der Waals surface area contributed by atoms with E-state index in [0.717, 1.165) is 79.8 Å². The molecule has 0 unspecified atom stereocenters. The van der Waals surface area contributed by atoms with Gasteiger partial charge in [-0.05, 0) is 88.2 Å². The first-order valence-corrected chi connectivity index (χ1v) is 13.9. The molecular weight excluding hydrogens is 468 g/mol. The molecule has 194 valence electrons. The predicted molar refractivity (Wildman–Crippen MR) is 138 cm³/mol. The second kappa shape index (κ2) is 8.72. The van der Waals surface area contributed by atoms with Gasteiger partial charge in [-0.2, -0.15) is 9.83 Å². The average molecular weight is 503 g/mol. The van der Waals surface area contributed by atoms with Crippen LogP contribution in [0, 0.1) is 17.0 Å². The lowest BCUT2D eigenvalue weighted by atomic mass is 9.79. The maximum atomic E-state index is 13.2. The van der Waals surface area contributed by atoms with Crippen molar-refractivity contribution < 1.29 is 19.4 Å². The minimum atomic E-state index is -0.487. The summed E-state index contributed by atoms with van der Waals surface area (Å²) in [7, 11) is 0. The molecule has 4 fully saturated rings. The molecule has 0 saturated heterocycles. The van der Waals surface area contributed by atoms with Crippen molar-refractivity contribution in [3.05, 3.63) is 53.1 Å². The van der Waals surface area contributed by atoms with Crippen LogP contribution in [0.2, 0.25) is 0 Å². The number of amides is 1. The Labute approximate surface area is 216 Å². The Balaban J connectivity index is 1.15. The van der Waals surface area contributed by atoms with Crippen LogP contribution in [0.25, 0.3) is 10.9 Å². The Hall–Kier alpha value is -3.13. The Kier molecular flexibility index (Phi) is 5.43. The highest BCUT2D eigenvalue weighted by atomic mass is 16.5. The number of anilines is 1. The van der Waals surface area contributed by atoms with Gasteiger partial charge in [0.1, 0.15) is 5.75 Å². The third-order valence-electron chi connectivity index (χ3n) is 8.78. The van der Waals surface area contributed by atoms with Gasteiger partial charge in [-0.1, -0.05) is 0 Å². The minimum absolute atomic E-state index is 0.0960. The summed E-state index contributed by atoms with van der Waals surface area (Å²) in [6.45, 7) is 0.607. The molecule has 7 rings (SSSR count). The average Bonchev–Trinajstić information content (AvgIpc) is 3.74. The van der Waals surface area contributed by atoms with E-state index in [4.69, 9.17) is 9.84 Å². The maximum absolute atomic E-state index is 13.2. The number of ether oxygens (including phenoxy) is 1. The molecule has 4 saturated carbocycles. The highest BCUT2D eigenvalue weighted by molar-refractivity contribution is 6.04. The monoisotopic (exact) mass is 502 g/mol. The Morgan fingerprint density at radius 1 is 1.14 bits per heavy atom. The zero-order valence-corrected chi connectivity index (χ0v) is 21.1. The van der Waals surface area contributed by atoms with Gasteiger partial charge in [0.25, 0.3) is 5.69 Å². The molecular formula is C29H34N4O4. The van der Waals surface area contributed by atoms with Crippen molar-refractivity contribution >= 4 is 22.5 Å². The molecule has 0 atom stereocenters. The lowest BCUT2D eigenvalue weighted by molar-refractivity contribution is -0.616. The van der Waals surface area contributed by atoms with E-state index < -0.39 is 11.5 Å². The van der Waals surface area contributed by atoms with E-state index in [9.17, 15) is 15.1 Å². The molecule has 0 spiro atoms. The summed E-state index contributed by atoms with van der Waals surface area (Å²) in [4.78, 5) is 13.2. The lowest BCUT2D eigenvalue weighted by Gasteiger charge is -2.36. The van der Waals surface area contributed by atoms with Crippen molar-refractivity contribution in [3.63, 3.8) is 0 Å². The Morgan fingerprint density at radius 2 is 1.92 bits per heavy atom. The number of aromatic nitrogens is 3. The Morgan fingerprint density at radius 3 is 2.62 bits per heavy atom. The van der Waals surface area contributed by atoms with E-state index in [2.05, 4.69) is 5.32 Å². The van der Waals surface area contributed by atoms with Gasteiger partial charge in [0.2, 0.25) is 0 Å². The van der Waals surface area contributed by atoms with Crippen LogP contribution in [-0.2, 0) is 0 Å². The van der Waals surface area contributed by atoms with E-state index in [0.29, 0.717) is 35.6 Å². The van der Waals surface area contributed by atoms with Crippen LogP contribution >= 0.6 is 0 Å². The summed E-state index contributed by atoms with van der Waals surface area (Å²) in [5.41, 5.74) is 1.65. The van der Waals surface area contributed by atoms with E-state index in [1.54, 1.807) is 12.1 Å². The molecule has 0 aliphatic heterocycles. The molecule has 4 aliphatic rings. The first-order chi connectivity index (χ1) is 18.0. The minimum Gasteiger partial charge on any atom is -0.618 e. The highest BCUT2D eigenvalue weighted by Gasteiger charge is 2.46. The number of carbonyl (C=O) groups is 1. The summed E-state index contributed by atoms with van der Waals surface area (Å²) in [5.74, 6) is 1.45. The van der Waals surface area contributed by atoms with Crippen LogP contribution in [0.3, 0.4) is 0 Å². The predicted octanol–water partition coefficient (Wildman–Crippen LogP) is 4.84. The van der Waals surface area contributed by atoms with Gasteiger partial charge in [-0.15, -0.1) is 0 Å². The summed E-state index contributed by atoms with van der Waals surface area (Å²) >= 11 is 0. The Bertz CT molecular complexity index is 1350. The highest BCUT2D eigenvalue weighted by Crippen LogP contribution is 2.49. The van der Waals surface area contributed by atoms with Gasteiger partial charge in [-0.3, -0.25) is 9.48 Å². The molecule has 1 amide bonds. The van der Waals surface area contributed by atoms with Crippen LogP contribution in [0.5, 0.6) is 5.75 Å². The SMILES string of the molecule is O=C(Nc1cc2cn(C3CCC(O)(C4CC4)CC3)nc2cc1OCC1CC1)c1cccc(C2CC2)[n+]1[O-]. The van der Waals surface area contributed by atoms with Gasteiger partial charge >= 0.3 is 5.91 Å². The van der Waals surface area contributed by atoms with Crippen LogP contribution < -0.4 is 14.8 Å². The second-order valence-electron chi connectivity index (χ2n) is 11.7. The molecule has 0 bridgehead atoms. The van der Waals surface area contributed by atoms with Gasteiger partial charge in [-0.25, -0.2) is 0 Å². The number of rotatable bonds is 8. The van der Waals surface area contributed by atoms with Crippen molar-refractivity contribution in [2.45, 2.75) is 81.8 Å². The fraction of sp³-hybridized carbons (Fsp3) is 0.552. The quantitative estimate of drug-likeness (QED) is 0.339. The molecule has 1 aromatic carbocycles. The molecule has 2 aromatic heterocycles. The molecule has 8 heteroatoms. The van der Waals surface area contributed by atoms with E-state index in [1.807, 2.05) is 29.1 Å².